The highest BCUT2D eigenvalue weighted by Gasteiger charge is 2.12. The molecule has 2 aromatic rings. The van der Waals surface area contributed by atoms with Crippen molar-refractivity contribution in [2.24, 2.45) is 0 Å². The Morgan fingerprint density at radius 1 is 1.36 bits per heavy atom. The number of hydrogen-bond donors (Lipinski definition) is 0. The third-order valence-electron chi connectivity index (χ3n) is 1.88. The molecule has 0 amide bonds. The fourth-order valence-electron chi connectivity index (χ4n) is 1.25. The number of rotatable bonds is 1. The summed E-state index contributed by atoms with van der Waals surface area (Å²) >= 11 is 0. The number of aromatic nitrogens is 2. The lowest BCUT2D eigenvalue weighted by Crippen LogP contribution is -2.13. The van der Waals surface area contributed by atoms with Gasteiger partial charge in [0.05, 0.1) is 5.56 Å². The van der Waals surface area contributed by atoms with Gasteiger partial charge in [-0.3, -0.25) is 9.20 Å². The van der Waals surface area contributed by atoms with Gasteiger partial charge in [0.15, 0.2) is 0 Å². The van der Waals surface area contributed by atoms with Gasteiger partial charge in [0.2, 0.25) is 0 Å². The Balaban J connectivity index is 2.88. The minimum absolute atomic E-state index is 0.00926. The number of fused-ring (bicyclic) bond motifs is 1. The van der Waals surface area contributed by atoms with E-state index in [1.807, 2.05) is 0 Å². The molecule has 0 aromatic carbocycles. The lowest BCUT2D eigenvalue weighted by atomic mass is 10.3. The van der Waals surface area contributed by atoms with Crippen LogP contribution in [-0.4, -0.2) is 9.38 Å². The number of nitrogens with zero attached hydrogens (tertiary/aromatic N) is 2. The van der Waals surface area contributed by atoms with Crippen LogP contribution in [0.3, 0.4) is 0 Å². The van der Waals surface area contributed by atoms with Crippen molar-refractivity contribution in [1.82, 2.24) is 9.38 Å². The number of hydrogen-bond acceptors (Lipinski definition) is 2. The smallest absolute Gasteiger partial charge is 0.267 e. The van der Waals surface area contributed by atoms with E-state index in [9.17, 15) is 13.6 Å². The Morgan fingerprint density at radius 2 is 2.14 bits per heavy atom. The summed E-state index contributed by atoms with van der Waals surface area (Å²) in [7, 11) is 0. The Bertz CT molecular complexity index is 521. The lowest BCUT2D eigenvalue weighted by Gasteiger charge is -2.04. The molecule has 3 nitrogen and oxygen atoms in total. The maximum absolute atomic E-state index is 12.5. The first-order valence-electron chi connectivity index (χ1n) is 3.94. The Hall–Kier alpha value is -1.78. The second-order valence-electron chi connectivity index (χ2n) is 2.74. The van der Waals surface area contributed by atoms with Crippen molar-refractivity contribution < 1.29 is 8.78 Å². The summed E-state index contributed by atoms with van der Waals surface area (Å²) in [5.74, 6) is 0. The molecule has 2 heterocycles. The molecule has 0 bridgehead atoms. The molecule has 0 aliphatic rings. The van der Waals surface area contributed by atoms with Crippen LogP contribution in [0.4, 0.5) is 8.78 Å². The molecule has 0 radical (unpaired) electrons. The summed E-state index contributed by atoms with van der Waals surface area (Å²) < 4.78 is 26.0. The second kappa shape index (κ2) is 3.17. The summed E-state index contributed by atoms with van der Waals surface area (Å²) in [6.07, 6.45) is 0.0144. The Morgan fingerprint density at radius 3 is 2.86 bits per heavy atom. The van der Waals surface area contributed by atoms with Gasteiger partial charge in [-0.05, 0) is 12.1 Å². The first-order valence-corrected chi connectivity index (χ1v) is 3.94. The third-order valence-corrected chi connectivity index (χ3v) is 1.88. The van der Waals surface area contributed by atoms with E-state index in [2.05, 4.69) is 4.98 Å². The minimum atomic E-state index is -2.62. The van der Waals surface area contributed by atoms with Crippen molar-refractivity contribution in [3.8, 4) is 0 Å². The van der Waals surface area contributed by atoms with Crippen molar-refractivity contribution >= 4 is 5.65 Å². The average Bonchev–Trinajstić information content (AvgIpc) is 2.17. The standard InChI is InChI=1S/C9H6F2N2O/c10-8(11)6-2-1-5-13-7(14)3-4-12-9(6)13/h1-5,8H. The van der Waals surface area contributed by atoms with Gasteiger partial charge in [-0.2, -0.15) is 0 Å². The van der Waals surface area contributed by atoms with Crippen LogP contribution >= 0.6 is 0 Å². The molecule has 14 heavy (non-hydrogen) atoms. The van der Waals surface area contributed by atoms with Gasteiger partial charge in [0.25, 0.3) is 12.0 Å². The molecule has 0 unspecified atom stereocenters. The van der Waals surface area contributed by atoms with Crippen molar-refractivity contribution in [1.29, 1.82) is 0 Å². The van der Waals surface area contributed by atoms with E-state index in [0.29, 0.717) is 0 Å². The van der Waals surface area contributed by atoms with E-state index in [0.717, 1.165) is 4.40 Å². The summed E-state index contributed by atoms with van der Waals surface area (Å²) in [5.41, 5.74) is -0.585. The zero-order valence-corrected chi connectivity index (χ0v) is 7.02. The van der Waals surface area contributed by atoms with Crippen LogP contribution in [0.2, 0.25) is 0 Å². The van der Waals surface area contributed by atoms with Crippen LogP contribution in [0.5, 0.6) is 0 Å². The van der Waals surface area contributed by atoms with Gasteiger partial charge in [-0.1, -0.05) is 0 Å². The number of pyridine rings is 1. The van der Waals surface area contributed by atoms with E-state index >= 15 is 0 Å². The topological polar surface area (TPSA) is 34.4 Å². The highest BCUT2D eigenvalue weighted by Crippen LogP contribution is 2.20. The van der Waals surface area contributed by atoms with Crippen LogP contribution in [0, 0.1) is 0 Å². The summed E-state index contributed by atoms with van der Waals surface area (Å²) in [4.78, 5) is 15.0. The van der Waals surface area contributed by atoms with Crippen molar-refractivity contribution in [3.05, 3.63) is 46.5 Å². The lowest BCUT2D eigenvalue weighted by molar-refractivity contribution is 0.152. The molecule has 0 saturated heterocycles. The summed E-state index contributed by atoms with van der Waals surface area (Å²) in [5, 5.41) is 0. The molecule has 72 valence electrons. The molecule has 0 aliphatic carbocycles. The molecule has 2 aromatic heterocycles. The Labute approximate surface area is 77.6 Å². The number of alkyl halides is 2. The Kier molecular flexibility index (Phi) is 1.99. The monoisotopic (exact) mass is 196 g/mol. The first-order chi connectivity index (χ1) is 6.70. The summed E-state index contributed by atoms with van der Waals surface area (Å²) in [6.45, 7) is 0. The van der Waals surface area contributed by atoms with Crippen LogP contribution in [0.1, 0.15) is 12.0 Å². The van der Waals surface area contributed by atoms with Crippen LogP contribution in [0.15, 0.2) is 35.4 Å². The molecule has 0 spiro atoms. The van der Waals surface area contributed by atoms with E-state index in [1.54, 1.807) is 0 Å². The predicted octanol–water partition coefficient (Wildman–Crippen LogP) is 1.63. The van der Waals surface area contributed by atoms with Gasteiger partial charge >= 0.3 is 0 Å². The molecular formula is C9H6F2N2O. The fraction of sp³-hybridized carbons (Fsp3) is 0.111. The van der Waals surface area contributed by atoms with Gasteiger partial charge in [-0.25, -0.2) is 13.8 Å². The maximum Gasteiger partial charge on any atom is 0.267 e. The highest BCUT2D eigenvalue weighted by molar-refractivity contribution is 5.47. The van der Waals surface area contributed by atoms with E-state index < -0.39 is 6.43 Å². The van der Waals surface area contributed by atoms with Gasteiger partial charge in [0, 0.05) is 18.5 Å². The molecule has 0 aliphatic heterocycles. The van der Waals surface area contributed by atoms with Crippen LogP contribution in [0.25, 0.3) is 5.65 Å². The molecular weight excluding hydrogens is 190 g/mol. The number of halogens is 2. The minimum Gasteiger partial charge on any atom is -0.269 e. The van der Waals surface area contributed by atoms with Crippen molar-refractivity contribution in [2.45, 2.75) is 6.43 Å². The maximum atomic E-state index is 12.5. The first kappa shape index (κ1) is 8.80. The fourth-order valence-corrected chi connectivity index (χ4v) is 1.25. The van der Waals surface area contributed by atoms with Gasteiger partial charge in [0.1, 0.15) is 5.65 Å². The summed E-state index contributed by atoms with van der Waals surface area (Å²) in [6, 6.07) is 3.88. The average molecular weight is 196 g/mol. The highest BCUT2D eigenvalue weighted by atomic mass is 19.3. The molecule has 0 atom stereocenters. The predicted molar refractivity (Wildman–Crippen MR) is 46.4 cm³/mol. The molecule has 0 saturated carbocycles. The van der Waals surface area contributed by atoms with Crippen molar-refractivity contribution in [3.63, 3.8) is 0 Å². The largest absolute Gasteiger partial charge is 0.269 e. The second-order valence-corrected chi connectivity index (χ2v) is 2.74. The van der Waals surface area contributed by atoms with E-state index in [-0.39, 0.29) is 16.8 Å². The molecule has 0 N–H and O–H groups in total. The van der Waals surface area contributed by atoms with Crippen molar-refractivity contribution in [2.75, 3.05) is 0 Å². The van der Waals surface area contributed by atoms with Gasteiger partial charge < -0.3 is 0 Å². The normalized spacial score (nSPS) is 11.1. The molecule has 5 heteroatoms. The molecule has 2 rings (SSSR count). The SMILES string of the molecule is O=c1ccnc2c(C(F)F)cccn12. The van der Waals surface area contributed by atoms with E-state index in [4.69, 9.17) is 0 Å². The quantitative estimate of drug-likeness (QED) is 0.694. The van der Waals surface area contributed by atoms with Gasteiger partial charge in [-0.15, -0.1) is 0 Å². The molecule has 0 fully saturated rings. The van der Waals surface area contributed by atoms with Crippen LogP contribution in [-0.2, 0) is 0 Å². The van der Waals surface area contributed by atoms with Crippen LogP contribution < -0.4 is 5.56 Å². The zero-order valence-electron chi connectivity index (χ0n) is 7.02. The third kappa shape index (κ3) is 1.26. The zero-order chi connectivity index (χ0) is 10.1. The van der Waals surface area contributed by atoms with E-state index in [1.165, 1.54) is 30.6 Å².